The zero-order chi connectivity index (χ0) is 18.3. The summed E-state index contributed by atoms with van der Waals surface area (Å²) >= 11 is 0. The van der Waals surface area contributed by atoms with Crippen LogP contribution >= 0.6 is 0 Å². The third kappa shape index (κ3) is 6.74. The zero-order valence-electron chi connectivity index (χ0n) is 14.8. The van der Waals surface area contributed by atoms with Gasteiger partial charge in [-0.3, -0.25) is 4.79 Å². The molecular formula is C18H27FN2O3S. The van der Waals surface area contributed by atoms with Crippen LogP contribution in [-0.4, -0.2) is 56.0 Å². The highest BCUT2D eigenvalue weighted by Gasteiger charge is 2.20. The topological polar surface area (TPSA) is 57.7 Å². The summed E-state index contributed by atoms with van der Waals surface area (Å²) in [6.45, 7) is 2.02. The van der Waals surface area contributed by atoms with Crippen molar-refractivity contribution in [2.24, 2.45) is 0 Å². The summed E-state index contributed by atoms with van der Waals surface area (Å²) in [5.41, 5.74) is 0.869. The van der Waals surface area contributed by atoms with Crippen molar-refractivity contribution in [1.82, 2.24) is 9.21 Å². The van der Waals surface area contributed by atoms with Crippen LogP contribution in [0.3, 0.4) is 0 Å². The fourth-order valence-electron chi connectivity index (χ4n) is 3.05. The van der Waals surface area contributed by atoms with Gasteiger partial charge in [-0.15, -0.1) is 0 Å². The largest absolute Gasteiger partial charge is 0.343 e. The molecule has 1 heterocycles. The summed E-state index contributed by atoms with van der Waals surface area (Å²) < 4.78 is 38.3. The van der Waals surface area contributed by atoms with Crippen molar-refractivity contribution in [1.29, 1.82) is 0 Å². The smallest absolute Gasteiger partial charge is 0.223 e. The maximum absolute atomic E-state index is 12.9. The molecule has 1 amide bonds. The van der Waals surface area contributed by atoms with Crippen LogP contribution in [0.5, 0.6) is 0 Å². The van der Waals surface area contributed by atoms with Gasteiger partial charge in [0.25, 0.3) is 0 Å². The Morgan fingerprint density at radius 2 is 1.68 bits per heavy atom. The molecular weight excluding hydrogens is 343 g/mol. The minimum Gasteiger partial charge on any atom is -0.343 e. The average molecular weight is 370 g/mol. The lowest BCUT2D eigenvalue weighted by Crippen LogP contribution is -2.38. The van der Waals surface area contributed by atoms with Crippen LogP contribution in [0.15, 0.2) is 24.3 Å². The van der Waals surface area contributed by atoms with E-state index in [0.29, 0.717) is 6.42 Å². The van der Waals surface area contributed by atoms with Gasteiger partial charge in [-0.25, -0.2) is 17.1 Å². The Bertz CT molecular complexity index is 653. The van der Waals surface area contributed by atoms with Crippen LogP contribution in [0.4, 0.5) is 4.39 Å². The van der Waals surface area contributed by atoms with Gasteiger partial charge in [0.15, 0.2) is 0 Å². The Kier molecular flexibility index (Phi) is 7.38. The van der Waals surface area contributed by atoms with E-state index in [9.17, 15) is 17.6 Å². The lowest BCUT2D eigenvalue weighted by atomic mass is 10.1. The first-order valence-corrected chi connectivity index (χ1v) is 10.7. The zero-order valence-corrected chi connectivity index (χ0v) is 15.6. The number of hydrogen-bond donors (Lipinski definition) is 0. The standard InChI is InChI=1S/C18H27FN2O3S/c1-25(23,24)21(14-10-16-6-8-17(19)9-7-16)15-11-18(22)20-12-4-2-3-5-13-20/h6-9H,2-5,10-15H2,1H3. The highest BCUT2D eigenvalue weighted by molar-refractivity contribution is 7.88. The fraction of sp³-hybridized carbons (Fsp3) is 0.611. The molecule has 25 heavy (non-hydrogen) atoms. The Morgan fingerprint density at radius 3 is 2.24 bits per heavy atom. The van der Waals surface area contributed by atoms with Crippen molar-refractivity contribution in [3.8, 4) is 0 Å². The normalized spacial score (nSPS) is 16.0. The number of halogens is 1. The second-order valence-corrected chi connectivity index (χ2v) is 8.57. The molecule has 0 bridgehead atoms. The molecule has 0 spiro atoms. The molecule has 2 rings (SSSR count). The van der Waals surface area contributed by atoms with Crippen molar-refractivity contribution in [3.05, 3.63) is 35.6 Å². The van der Waals surface area contributed by atoms with E-state index in [1.165, 1.54) is 16.4 Å². The van der Waals surface area contributed by atoms with Crippen LogP contribution in [0.1, 0.15) is 37.7 Å². The number of sulfonamides is 1. The van der Waals surface area contributed by atoms with E-state index in [2.05, 4.69) is 0 Å². The predicted octanol–water partition coefficient (Wildman–Crippen LogP) is 2.42. The number of carbonyl (C=O) groups is 1. The van der Waals surface area contributed by atoms with E-state index < -0.39 is 10.0 Å². The summed E-state index contributed by atoms with van der Waals surface area (Å²) in [6.07, 6.45) is 6.20. The summed E-state index contributed by atoms with van der Waals surface area (Å²) in [7, 11) is -3.39. The molecule has 0 aromatic heterocycles. The molecule has 1 saturated heterocycles. The molecule has 0 atom stereocenters. The van der Waals surface area contributed by atoms with Crippen LogP contribution in [0.2, 0.25) is 0 Å². The van der Waals surface area contributed by atoms with Gasteiger partial charge in [0.05, 0.1) is 6.26 Å². The molecule has 0 aliphatic carbocycles. The van der Waals surface area contributed by atoms with Crippen molar-refractivity contribution in [2.45, 2.75) is 38.5 Å². The summed E-state index contributed by atoms with van der Waals surface area (Å²) in [5, 5.41) is 0. The van der Waals surface area contributed by atoms with Crippen molar-refractivity contribution in [3.63, 3.8) is 0 Å². The predicted molar refractivity (Wildman–Crippen MR) is 96.2 cm³/mol. The summed E-state index contributed by atoms with van der Waals surface area (Å²) in [4.78, 5) is 14.2. The minimum absolute atomic E-state index is 0.0253. The average Bonchev–Trinajstić information content (AvgIpc) is 2.84. The second-order valence-electron chi connectivity index (χ2n) is 6.58. The fourth-order valence-corrected chi connectivity index (χ4v) is 3.89. The molecule has 1 aliphatic rings. The van der Waals surface area contributed by atoms with Gasteiger partial charge in [0.1, 0.15) is 5.82 Å². The monoisotopic (exact) mass is 370 g/mol. The summed E-state index contributed by atoms with van der Waals surface area (Å²) in [6, 6.07) is 6.03. The number of nitrogens with zero attached hydrogens (tertiary/aromatic N) is 2. The first-order valence-electron chi connectivity index (χ1n) is 8.83. The molecule has 0 N–H and O–H groups in total. The van der Waals surface area contributed by atoms with E-state index in [-0.39, 0.29) is 31.2 Å². The van der Waals surface area contributed by atoms with Crippen molar-refractivity contribution < 1.29 is 17.6 Å². The molecule has 0 saturated carbocycles. The molecule has 0 unspecified atom stereocenters. The van der Waals surface area contributed by atoms with E-state index in [4.69, 9.17) is 0 Å². The highest BCUT2D eigenvalue weighted by atomic mass is 32.2. The van der Waals surface area contributed by atoms with Gasteiger partial charge in [0, 0.05) is 32.6 Å². The molecule has 1 aliphatic heterocycles. The SMILES string of the molecule is CS(=O)(=O)N(CCC(=O)N1CCCCCC1)CCc1ccc(F)cc1. The highest BCUT2D eigenvalue weighted by Crippen LogP contribution is 2.12. The number of hydrogen-bond acceptors (Lipinski definition) is 3. The number of benzene rings is 1. The number of amides is 1. The Balaban J connectivity index is 1.89. The van der Waals surface area contributed by atoms with Gasteiger partial charge in [-0.05, 0) is 37.0 Å². The van der Waals surface area contributed by atoms with E-state index in [1.54, 1.807) is 12.1 Å². The lowest BCUT2D eigenvalue weighted by molar-refractivity contribution is -0.131. The molecule has 1 aromatic rings. The summed E-state index contributed by atoms with van der Waals surface area (Å²) in [5.74, 6) is -0.288. The van der Waals surface area contributed by atoms with Gasteiger partial charge in [-0.1, -0.05) is 25.0 Å². The Hall–Kier alpha value is -1.47. The van der Waals surface area contributed by atoms with Gasteiger partial charge >= 0.3 is 0 Å². The maximum Gasteiger partial charge on any atom is 0.223 e. The van der Waals surface area contributed by atoms with E-state index in [1.807, 2.05) is 4.90 Å². The van der Waals surface area contributed by atoms with Gasteiger partial charge in [0.2, 0.25) is 15.9 Å². The molecule has 1 fully saturated rings. The quantitative estimate of drug-likeness (QED) is 0.741. The van der Waals surface area contributed by atoms with Crippen LogP contribution in [-0.2, 0) is 21.2 Å². The van der Waals surface area contributed by atoms with Gasteiger partial charge in [-0.2, -0.15) is 0 Å². The molecule has 1 aromatic carbocycles. The molecule has 0 radical (unpaired) electrons. The van der Waals surface area contributed by atoms with E-state index in [0.717, 1.165) is 50.6 Å². The van der Waals surface area contributed by atoms with Crippen molar-refractivity contribution in [2.75, 3.05) is 32.4 Å². The van der Waals surface area contributed by atoms with Crippen molar-refractivity contribution >= 4 is 15.9 Å². The first kappa shape index (κ1) is 19.8. The second kappa shape index (κ2) is 9.29. The lowest BCUT2D eigenvalue weighted by Gasteiger charge is -2.23. The molecule has 140 valence electrons. The third-order valence-corrected chi connectivity index (χ3v) is 5.87. The van der Waals surface area contributed by atoms with Crippen LogP contribution in [0.25, 0.3) is 0 Å². The molecule has 7 heteroatoms. The molecule has 5 nitrogen and oxygen atoms in total. The Morgan fingerprint density at radius 1 is 1.08 bits per heavy atom. The Labute approximate surface area is 149 Å². The minimum atomic E-state index is -3.39. The van der Waals surface area contributed by atoms with Crippen LogP contribution < -0.4 is 0 Å². The van der Waals surface area contributed by atoms with E-state index >= 15 is 0 Å². The number of rotatable bonds is 7. The van der Waals surface area contributed by atoms with Gasteiger partial charge < -0.3 is 4.90 Å². The maximum atomic E-state index is 12.9. The number of carbonyl (C=O) groups excluding carboxylic acids is 1. The van der Waals surface area contributed by atoms with Crippen LogP contribution in [0, 0.1) is 5.82 Å². The first-order chi connectivity index (χ1) is 11.9. The number of likely N-dealkylation sites (tertiary alicyclic amines) is 1. The third-order valence-electron chi connectivity index (χ3n) is 4.57.